The smallest absolute Gasteiger partial charge is 0.322 e. The molecule has 0 aliphatic carbocycles. The predicted octanol–water partition coefficient (Wildman–Crippen LogP) is 3.58. The standard InChI is InChI=1S/C21H27N3O3/c1-17-6-5-7-18(16-17)27-20-9-4-3-8-19(20)22-21(25)24-12-10-23(11-13-24)14-15-26-2/h3-9,16H,10-15H2,1-2H3,(H,22,25). The second-order valence-corrected chi connectivity index (χ2v) is 6.67. The van der Waals surface area contributed by atoms with Crippen molar-refractivity contribution < 1.29 is 14.3 Å². The maximum Gasteiger partial charge on any atom is 0.322 e. The molecule has 3 rings (SSSR count). The number of para-hydroxylation sites is 2. The van der Waals surface area contributed by atoms with Gasteiger partial charge in [0.2, 0.25) is 0 Å². The van der Waals surface area contributed by atoms with E-state index in [0.717, 1.165) is 37.6 Å². The number of anilines is 1. The Kier molecular flexibility index (Phi) is 6.68. The van der Waals surface area contributed by atoms with Gasteiger partial charge in [0, 0.05) is 39.8 Å². The molecule has 1 heterocycles. The van der Waals surface area contributed by atoms with Crippen LogP contribution in [0.15, 0.2) is 48.5 Å². The van der Waals surface area contributed by atoms with Crippen LogP contribution >= 0.6 is 0 Å². The summed E-state index contributed by atoms with van der Waals surface area (Å²) in [7, 11) is 1.71. The molecule has 27 heavy (non-hydrogen) atoms. The lowest BCUT2D eigenvalue weighted by Crippen LogP contribution is -2.50. The molecule has 0 atom stereocenters. The zero-order chi connectivity index (χ0) is 19.1. The molecule has 0 spiro atoms. The van der Waals surface area contributed by atoms with Crippen molar-refractivity contribution in [2.75, 3.05) is 51.8 Å². The number of hydrogen-bond donors (Lipinski definition) is 1. The van der Waals surface area contributed by atoms with E-state index in [0.29, 0.717) is 24.5 Å². The van der Waals surface area contributed by atoms with Crippen LogP contribution < -0.4 is 10.1 Å². The first kappa shape index (κ1) is 19.2. The molecule has 144 valence electrons. The van der Waals surface area contributed by atoms with Gasteiger partial charge < -0.3 is 19.7 Å². The van der Waals surface area contributed by atoms with Crippen molar-refractivity contribution in [3.63, 3.8) is 0 Å². The molecule has 2 aromatic carbocycles. The highest BCUT2D eigenvalue weighted by atomic mass is 16.5. The van der Waals surface area contributed by atoms with E-state index < -0.39 is 0 Å². The van der Waals surface area contributed by atoms with Gasteiger partial charge in [0.05, 0.1) is 12.3 Å². The summed E-state index contributed by atoms with van der Waals surface area (Å²) in [5.74, 6) is 1.39. The van der Waals surface area contributed by atoms with E-state index in [9.17, 15) is 4.79 Å². The first-order chi connectivity index (χ1) is 13.2. The van der Waals surface area contributed by atoms with Crippen LogP contribution in [0.4, 0.5) is 10.5 Å². The summed E-state index contributed by atoms with van der Waals surface area (Å²) in [6.45, 7) is 6.77. The van der Waals surface area contributed by atoms with Gasteiger partial charge in [0.1, 0.15) is 5.75 Å². The van der Waals surface area contributed by atoms with Gasteiger partial charge in [0.25, 0.3) is 0 Å². The van der Waals surface area contributed by atoms with Gasteiger partial charge in [0.15, 0.2) is 5.75 Å². The molecule has 0 aromatic heterocycles. The van der Waals surface area contributed by atoms with E-state index in [1.54, 1.807) is 7.11 Å². The minimum Gasteiger partial charge on any atom is -0.455 e. The third-order valence-electron chi connectivity index (χ3n) is 4.62. The Balaban J connectivity index is 1.60. The van der Waals surface area contributed by atoms with Crippen molar-refractivity contribution in [1.82, 2.24) is 9.80 Å². The first-order valence-corrected chi connectivity index (χ1v) is 9.26. The predicted molar refractivity (Wildman–Crippen MR) is 107 cm³/mol. The van der Waals surface area contributed by atoms with Crippen LogP contribution in [0, 0.1) is 6.92 Å². The van der Waals surface area contributed by atoms with Crippen LogP contribution in [0.2, 0.25) is 0 Å². The number of nitrogens with zero attached hydrogens (tertiary/aromatic N) is 2. The molecule has 2 aromatic rings. The number of nitrogens with one attached hydrogen (secondary N) is 1. The van der Waals surface area contributed by atoms with Gasteiger partial charge in [-0.3, -0.25) is 4.90 Å². The Hall–Kier alpha value is -2.57. The zero-order valence-electron chi connectivity index (χ0n) is 16.0. The average Bonchev–Trinajstić information content (AvgIpc) is 2.68. The van der Waals surface area contributed by atoms with Crippen LogP contribution in [0.5, 0.6) is 11.5 Å². The minimum absolute atomic E-state index is 0.0957. The van der Waals surface area contributed by atoms with Gasteiger partial charge >= 0.3 is 6.03 Å². The number of hydrogen-bond acceptors (Lipinski definition) is 4. The normalized spacial score (nSPS) is 14.8. The summed E-state index contributed by atoms with van der Waals surface area (Å²) < 4.78 is 11.1. The number of ether oxygens (including phenoxy) is 2. The van der Waals surface area contributed by atoms with Gasteiger partial charge in [-0.05, 0) is 36.8 Å². The quantitative estimate of drug-likeness (QED) is 0.846. The molecular formula is C21H27N3O3. The largest absolute Gasteiger partial charge is 0.455 e. The number of urea groups is 1. The number of aryl methyl sites for hydroxylation is 1. The van der Waals surface area contributed by atoms with E-state index >= 15 is 0 Å². The van der Waals surface area contributed by atoms with Gasteiger partial charge in [-0.25, -0.2) is 4.79 Å². The summed E-state index contributed by atoms with van der Waals surface area (Å²) in [4.78, 5) is 16.8. The highest BCUT2D eigenvalue weighted by Gasteiger charge is 2.21. The fraction of sp³-hybridized carbons (Fsp3) is 0.381. The zero-order valence-corrected chi connectivity index (χ0v) is 16.0. The van der Waals surface area contributed by atoms with Gasteiger partial charge in [-0.15, -0.1) is 0 Å². The molecule has 1 N–H and O–H groups in total. The Morgan fingerprint density at radius 1 is 1.07 bits per heavy atom. The van der Waals surface area contributed by atoms with Crippen LogP contribution in [0.1, 0.15) is 5.56 Å². The minimum atomic E-state index is -0.0957. The van der Waals surface area contributed by atoms with Crippen molar-refractivity contribution >= 4 is 11.7 Å². The number of piperazine rings is 1. The fourth-order valence-corrected chi connectivity index (χ4v) is 3.05. The number of methoxy groups -OCH3 is 1. The van der Waals surface area contributed by atoms with E-state index in [1.165, 1.54) is 0 Å². The third kappa shape index (κ3) is 5.45. The topological polar surface area (TPSA) is 54.0 Å². The average molecular weight is 369 g/mol. The van der Waals surface area contributed by atoms with E-state index in [2.05, 4.69) is 10.2 Å². The van der Waals surface area contributed by atoms with Crippen LogP contribution in [0.3, 0.4) is 0 Å². The summed E-state index contributed by atoms with van der Waals surface area (Å²) >= 11 is 0. The molecule has 6 heteroatoms. The lowest BCUT2D eigenvalue weighted by Gasteiger charge is -2.34. The summed E-state index contributed by atoms with van der Waals surface area (Å²) in [5, 5.41) is 2.99. The highest BCUT2D eigenvalue weighted by Crippen LogP contribution is 2.29. The second kappa shape index (κ2) is 9.39. The van der Waals surface area contributed by atoms with Crippen LogP contribution in [0.25, 0.3) is 0 Å². The molecule has 1 aliphatic rings. The lowest BCUT2D eigenvalue weighted by atomic mass is 10.2. The number of amides is 2. The van der Waals surface area contributed by atoms with Crippen LogP contribution in [-0.2, 0) is 4.74 Å². The molecular weight excluding hydrogens is 342 g/mol. The number of rotatable bonds is 6. The van der Waals surface area contributed by atoms with E-state index in [-0.39, 0.29) is 6.03 Å². The summed E-state index contributed by atoms with van der Waals surface area (Å²) in [6.07, 6.45) is 0. The summed E-state index contributed by atoms with van der Waals surface area (Å²) in [5.41, 5.74) is 1.80. The lowest BCUT2D eigenvalue weighted by molar-refractivity contribution is 0.109. The van der Waals surface area contributed by atoms with Crippen molar-refractivity contribution in [2.24, 2.45) is 0 Å². The monoisotopic (exact) mass is 369 g/mol. The van der Waals surface area contributed by atoms with Crippen molar-refractivity contribution in [1.29, 1.82) is 0 Å². The summed E-state index contributed by atoms with van der Waals surface area (Å²) in [6, 6.07) is 15.3. The maximum absolute atomic E-state index is 12.7. The van der Waals surface area contributed by atoms with Gasteiger partial charge in [-0.2, -0.15) is 0 Å². The molecule has 0 saturated carbocycles. The number of carbonyl (C=O) groups is 1. The molecule has 0 radical (unpaired) electrons. The van der Waals surface area contributed by atoms with E-state index in [4.69, 9.17) is 9.47 Å². The second-order valence-electron chi connectivity index (χ2n) is 6.67. The van der Waals surface area contributed by atoms with Crippen molar-refractivity contribution in [3.8, 4) is 11.5 Å². The third-order valence-corrected chi connectivity index (χ3v) is 4.62. The Morgan fingerprint density at radius 2 is 1.85 bits per heavy atom. The van der Waals surface area contributed by atoms with E-state index in [1.807, 2.05) is 60.4 Å². The first-order valence-electron chi connectivity index (χ1n) is 9.26. The van der Waals surface area contributed by atoms with Crippen molar-refractivity contribution in [2.45, 2.75) is 6.92 Å². The Morgan fingerprint density at radius 3 is 2.59 bits per heavy atom. The molecule has 6 nitrogen and oxygen atoms in total. The number of benzene rings is 2. The Bertz CT molecular complexity index is 758. The molecule has 1 fully saturated rings. The Labute approximate surface area is 160 Å². The maximum atomic E-state index is 12.7. The van der Waals surface area contributed by atoms with Crippen molar-refractivity contribution in [3.05, 3.63) is 54.1 Å². The number of carbonyl (C=O) groups excluding carboxylic acids is 1. The molecule has 2 amide bonds. The molecule has 0 unspecified atom stereocenters. The SMILES string of the molecule is COCCN1CCN(C(=O)Nc2ccccc2Oc2cccc(C)c2)CC1. The molecule has 1 saturated heterocycles. The van der Waals surface area contributed by atoms with Gasteiger partial charge in [-0.1, -0.05) is 24.3 Å². The molecule has 1 aliphatic heterocycles. The van der Waals surface area contributed by atoms with Crippen LogP contribution in [-0.4, -0.2) is 62.3 Å². The highest BCUT2D eigenvalue weighted by molar-refractivity contribution is 5.91. The fourth-order valence-electron chi connectivity index (χ4n) is 3.05. The molecule has 0 bridgehead atoms.